The molecule has 7 heteroatoms. The summed E-state index contributed by atoms with van der Waals surface area (Å²) in [5.74, 6) is 4.96. The van der Waals surface area contributed by atoms with Crippen molar-refractivity contribution < 1.29 is 4.39 Å². The molecule has 0 unspecified atom stereocenters. The summed E-state index contributed by atoms with van der Waals surface area (Å²) in [5.41, 5.74) is 7.43. The van der Waals surface area contributed by atoms with E-state index in [4.69, 9.17) is 18.1 Å². The van der Waals surface area contributed by atoms with Crippen molar-refractivity contribution in [2.45, 2.75) is 6.54 Å². The van der Waals surface area contributed by atoms with Crippen LogP contribution in [0.25, 0.3) is 10.9 Å². The molecule has 4 N–H and O–H groups in total. The van der Waals surface area contributed by atoms with E-state index in [0.717, 1.165) is 16.5 Å². The Bertz CT molecular complexity index is 903. The molecule has 0 saturated carbocycles. The number of rotatable bonds is 4. The first kappa shape index (κ1) is 16.1. The van der Waals surface area contributed by atoms with Crippen LogP contribution in [0.4, 0.5) is 4.39 Å². The molecule has 3 aromatic rings. The SMILES string of the molecule is NNC(=S)N/N=C/c1cn(Cc2ccccc2F)c2ccccc12. The van der Waals surface area contributed by atoms with Crippen LogP contribution >= 0.6 is 12.2 Å². The lowest BCUT2D eigenvalue weighted by Crippen LogP contribution is -2.37. The molecule has 0 saturated heterocycles. The van der Waals surface area contributed by atoms with Gasteiger partial charge in [0.25, 0.3) is 0 Å². The lowest BCUT2D eigenvalue weighted by Gasteiger charge is -2.06. The summed E-state index contributed by atoms with van der Waals surface area (Å²) in [6.45, 7) is 0.442. The lowest BCUT2D eigenvalue weighted by atomic mass is 10.2. The first-order valence-electron chi connectivity index (χ1n) is 7.30. The van der Waals surface area contributed by atoms with Crippen LogP contribution in [0.1, 0.15) is 11.1 Å². The van der Waals surface area contributed by atoms with Crippen LogP contribution in [0.3, 0.4) is 0 Å². The van der Waals surface area contributed by atoms with E-state index in [1.807, 2.05) is 41.1 Å². The summed E-state index contributed by atoms with van der Waals surface area (Å²) in [6.07, 6.45) is 3.59. The summed E-state index contributed by atoms with van der Waals surface area (Å²) in [5, 5.41) is 5.30. The fourth-order valence-corrected chi connectivity index (χ4v) is 2.56. The number of aromatic nitrogens is 1. The normalized spacial score (nSPS) is 11.1. The Morgan fingerprint density at radius 1 is 1.21 bits per heavy atom. The number of hydrogen-bond acceptors (Lipinski definition) is 3. The highest BCUT2D eigenvalue weighted by Crippen LogP contribution is 2.21. The fourth-order valence-electron chi connectivity index (χ4n) is 2.51. The standard InChI is InChI=1S/C17H16FN5S/c18-15-7-3-1-5-12(15)10-23-11-13(9-20-22-17(24)21-19)14-6-2-4-8-16(14)23/h1-9,11H,10,19H2,(H2,21,22,24)/b20-9+. The number of halogens is 1. The zero-order valence-electron chi connectivity index (χ0n) is 12.7. The Labute approximate surface area is 143 Å². The van der Waals surface area contributed by atoms with Crippen molar-refractivity contribution >= 4 is 34.4 Å². The van der Waals surface area contributed by atoms with Crippen molar-refractivity contribution in [3.63, 3.8) is 0 Å². The van der Waals surface area contributed by atoms with Gasteiger partial charge in [0.1, 0.15) is 5.82 Å². The van der Waals surface area contributed by atoms with E-state index in [1.165, 1.54) is 6.07 Å². The molecule has 0 spiro atoms. The molecule has 5 nitrogen and oxygen atoms in total. The van der Waals surface area contributed by atoms with E-state index < -0.39 is 0 Å². The maximum atomic E-state index is 13.9. The van der Waals surface area contributed by atoms with Gasteiger partial charge in [-0.2, -0.15) is 5.10 Å². The van der Waals surface area contributed by atoms with Gasteiger partial charge in [0.15, 0.2) is 0 Å². The van der Waals surface area contributed by atoms with Gasteiger partial charge in [0.05, 0.1) is 12.8 Å². The van der Waals surface area contributed by atoms with Crippen LogP contribution < -0.4 is 16.7 Å². The molecule has 0 fully saturated rings. The summed E-state index contributed by atoms with van der Waals surface area (Å²) in [7, 11) is 0. The van der Waals surface area contributed by atoms with Crippen molar-refractivity contribution in [1.29, 1.82) is 0 Å². The Kier molecular flexibility index (Phi) is 4.83. The van der Waals surface area contributed by atoms with Crippen LogP contribution in [0, 0.1) is 5.82 Å². The van der Waals surface area contributed by atoms with Gasteiger partial charge < -0.3 is 4.57 Å². The lowest BCUT2D eigenvalue weighted by molar-refractivity contribution is 0.602. The molecule has 122 valence electrons. The highest BCUT2D eigenvalue weighted by Gasteiger charge is 2.09. The predicted octanol–water partition coefficient (Wildman–Crippen LogP) is 2.50. The minimum absolute atomic E-state index is 0.216. The average molecular weight is 341 g/mol. The van der Waals surface area contributed by atoms with E-state index >= 15 is 0 Å². The number of benzene rings is 2. The highest BCUT2D eigenvalue weighted by atomic mass is 32.1. The topological polar surface area (TPSA) is 67.4 Å². The number of para-hydroxylation sites is 1. The molecule has 1 aromatic heterocycles. The van der Waals surface area contributed by atoms with Crippen LogP contribution in [0.5, 0.6) is 0 Å². The number of nitrogens with zero attached hydrogens (tertiary/aromatic N) is 2. The van der Waals surface area contributed by atoms with Gasteiger partial charge >= 0.3 is 0 Å². The molecule has 1 heterocycles. The number of hydrazine groups is 1. The van der Waals surface area contributed by atoms with Crippen molar-refractivity contribution in [3.8, 4) is 0 Å². The van der Waals surface area contributed by atoms with Crippen LogP contribution in [0.2, 0.25) is 0 Å². The first-order chi connectivity index (χ1) is 11.7. The molecule has 0 atom stereocenters. The molecule has 0 bridgehead atoms. The van der Waals surface area contributed by atoms with E-state index in [0.29, 0.717) is 12.1 Å². The quantitative estimate of drug-likeness (QED) is 0.295. The summed E-state index contributed by atoms with van der Waals surface area (Å²) >= 11 is 4.86. The summed E-state index contributed by atoms with van der Waals surface area (Å²) in [4.78, 5) is 0. The van der Waals surface area contributed by atoms with E-state index in [-0.39, 0.29) is 10.9 Å². The number of hydrogen-bond donors (Lipinski definition) is 3. The van der Waals surface area contributed by atoms with Crippen molar-refractivity contribution in [2.75, 3.05) is 0 Å². The van der Waals surface area contributed by atoms with Gasteiger partial charge in [0, 0.05) is 28.2 Å². The Balaban J connectivity index is 1.94. The highest BCUT2D eigenvalue weighted by molar-refractivity contribution is 7.80. The third kappa shape index (κ3) is 3.42. The van der Waals surface area contributed by atoms with E-state index in [9.17, 15) is 4.39 Å². The molecule has 0 aliphatic rings. The molecule has 0 aliphatic carbocycles. The smallest absolute Gasteiger partial charge is 0.201 e. The van der Waals surface area contributed by atoms with Gasteiger partial charge in [0.2, 0.25) is 5.11 Å². The maximum absolute atomic E-state index is 13.9. The second-order valence-electron chi connectivity index (χ2n) is 5.16. The number of nitrogens with two attached hydrogens (primary N) is 1. The maximum Gasteiger partial charge on any atom is 0.201 e. The van der Waals surface area contributed by atoms with Crippen molar-refractivity contribution in [3.05, 3.63) is 71.7 Å². The molecule has 0 aliphatic heterocycles. The fraction of sp³-hybridized carbons (Fsp3) is 0.0588. The van der Waals surface area contributed by atoms with Crippen LogP contribution in [-0.4, -0.2) is 15.9 Å². The zero-order valence-corrected chi connectivity index (χ0v) is 13.6. The number of hydrazone groups is 1. The first-order valence-corrected chi connectivity index (χ1v) is 7.71. The van der Waals surface area contributed by atoms with Gasteiger partial charge in [-0.1, -0.05) is 36.4 Å². The predicted molar refractivity (Wildman–Crippen MR) is 98.1 cm³/mol. The second kappa shape index (κ2) is 7.20. The summed E-state index contributed by atoms with van der Waals surface area (Å²) in [6, 6.07) is 14.7. The zero-order chi connectivity index (χ0) is 16.9. The van der Waals surface area contributed by atoms with Gasteiger partial charge in [-0.05, 0) is 24.4 Å². The number of nitrogens with one attached hydrogen (secondary N) is 2. The third-order valence-electron chi connectivity index (χ3n) is 3.62. The van der Waals surface area contributed by atoms with Crippen LogP contribution in [0.15, 0.2) is 59.8 Å². The number of thiocarbonyl (C=S) groups is 1. The summed E-state index contributed by atoms with van der Waals surface area (Å²) < 4.78 is 15.9. The second-order valence-corrected chi connectivity index (χ2v) is 5.57. The van der Waals surface area contributed by atoms with Gasteiger partial charge in [-0.15, -0.1) is 0 Å². The van der Waals surface area contributed by atoms with Crippen LogP contribution in [-0.2, 0) is 6.54 Å². The monoisotopic (exact) mass is 341 g/mol. The van der Waals surface area contributed by atoms with Crippen molar-refractivity contribution in [2.24, 2.45) is 10.9 Å². The van der Waals surface area contributed by atoms with E-state index in [1.54, 1.807) is 18.3 Å². The molecule has 3 rings (SSSR count). The molecular formula is C17H16FN5S. The molecule has 2 aromatic carbocycles. The molecule has 0 amide bonds. The minimum atomic E-state index is -0.216. The van der Waals surface area contributed by atoms with Gasteiger partial charge in [-0.3, -0.25) is 10.9 Å². The Hall–Kier alpha value is -2.77. The molecule has 24 heavy (non-hydrogen) atoms. The third-order valence-corrected chi connectivity index (χ3v) is 3.83. The average Bonchev–Trinajstić information content (AvgIpc) is 2.95. The molecule has 0 radical (unpaired) electrons. The largest absolute Gasteiger partial charge is 0.342 e. The molecular weight excluding hydrogens is 325 g/mol. The van der Waals surface area contributed by atoms with Crippen molar-refractivity contribution in [1.82, 2.24) is 15.4 Å². The number of fused-ring (bicyclic) bond motifs is 1. The van der Waals surface area contributed by atoms with E-state index in [2.05, 4.69) is 16.0 Å². The minimum Gasteiger partial charge on any atom is -0.342 e. The van der Waals surface area contributed by atoms with Gasteiger partial charge in [-0.25, -0.2) is 10.2 Å². The Morgan fingerprint density at radius 2 is 1.96 bits per heavy atom. The Morgan fingerprint density at radius 3 is 2.75 bits per heavy atom.